The number of para-hydroxylation sites is 1. The Labute approximate surface area is 159 Å². The Bertz CT molecular complexity index is 1060. The number of hydrogen-bond acceptors (Lipinski definition) is 6. The smallest absolute Gasteiger partial charge is 0.269 e. The maximum absolute atomic E-state index is 13.0. The van der Waals surface area contributed by atoms with Gasteiger partial charge in [-0.15, -0.1) is 0 Å². The number of carbonyl (C=O) groups is 1. The molecule has 0 aliphatic heterocycles. The number of Topliss-reactive ketones (excluding diaryl/α,β-unsaturated/α-hetero) is 1. The predicted molar refractivity (Wildman–Crippen MR) is 103 cm³/mol. The molecule has 0 spiro atoms. The maximum atomic E-state index is 13.0. The molecule has 8 nitrogen and oxygen atoms in total. The van der Waals surface area contributed by atoms with Gasteiger partial charge in [0.15, 0.2) is 0 Å². The van der Waals surface area contributed by atoms with Crippen LogP contribution in [0.25, 0.3) is 0 Å². The molecule has 0 bridgehead atoms. The minimum absolute atomic E-state index is 0.0787. The van der Waals surface area contributed by atoms with Crippen LogP contribution in [0, 0.1) is 20.2 Å². The van der Waals surface area contributed by atoms with Crippen LogP contribution in [0.15, 0.2) is 83.9 Å². The van der Waals surface area contributed by atoms with Crippen molar-refractivity contribution in [2.24, 2.45) is 4.99 Å². The van der Waals surface area contributed by atoms with E-state index >= 15 is 0 Å². The number of nitrogens with zero attached hydrogens (tertiary/aromatic N) is 3. The molecule has 0 radical (unpaired) electrons. The summed E-state index contributed by atoms with van der Waals surface area (Å²) in [7, 11) is 0. The standard InChI is InChI=1S/C20H13N3O5/c24-20(15-8-12-18(13-9-15)23(27)28)19(21-16-4-2-1-3-5-16)14-6-10-17(11-7-14)22(25)26/h1-13H. The molecule has 138 valence electrons. The van der Waals surface area contributed by atoms with Gasteiger partial charge in [-0.25, -0.2) is 4.99 Å². The number of non-ortho nitro benzene ring substituents is 2. The van der Waals surface area contributed by atoms with E-state index in [1.807, 2.05) is 6.07 Å². The fourth-order valence-electron chi connectivity index (χ4n) is 2.49. The number of aliphatic imine (C=N–C) groups is 1. The van der Waals surface area contributed by atoms with Gasteiger partial charge in [-0.2, -0.15) is 0 Å². The van der Waals surface area contributed by atoms with E-state index in [4.69, 9.17) is 0 Å². The lowest BCUT2D eigenvalue weighted by Crippen LogP contribution is -2.16. The van der Waals surface area contributed by atoms with E-state index in [0.29, 0.717) is 11.3 Å². The van der Waals surface area contributed by atoms with E-state index < -0.39 is 15.6 Å². The first-order chi connectivity index (χ1) is 13.5. The third-order valence-electron chi connectivity index (χ3n) is 3.90. The summed E-state index contributed by atoms with van der Waals surface area (Å²) in [5.41, 5.74) is 0.997. The normalized spacial score (nSPS) is 11.1. The molecule has 0 aliphatic carbocycles. The maximum Gasteiger partial charge on any atom is 0.269 e. The Hall–Kier alpha value is -4.20. The Balaban J connectivity index is 2.05. The highest BCUT2D eigenvalue weighted by atomic mass is 16.6. The summed E-state index contributed by atoms with van der Waals surface area (Å²) < 4.78 is 0. The van der Waals surface area contributed by atoms with Gasteiger partial charge < -0.3 is 0 Å². The van der Waals surface area contributed by atoms with Crippen LogP contribution in [-0.2, 0) is 0 Å². The van der Waals surface area contributed by atoms with Crippen LogP contribution in [0.5, 0.6) is 0 Å². The van der Waals surface area contributed by atoms with Gasteiger partial charge in [0.25, 0.3) is 11.4 Å². The highest BCUT2D eigenvalue weighted by Gasteiger charge is 2.19. The quantitative estimate of drug-likeness (QED) is 0.272. The summed E-state index contributed by atoms with van der Waals surface area (Å²) in [6, 6.07) is 19.4. The zero-order valence-electron chi connectivity index (χ0n) is 14.4. The first-order valence-corrected chi connectivity index (χ1v) is 8.13. The van der Waals surface area contributed by atoms with Crippen molar-refractivity contribution in [1.29, 1.82) is 0 Å². The van der Waals surface area contributed by atoms with Crippen molar-refractivity contribution in [2.45, 2.75) is 0 Å². The summed E-state index contributed by atoms with van der Waals surface area (Å²) in [5.74, 6) is -0.451. The second kappa shape index (κ2) is 8.00. The van der Waals surface area contributed by atoms with Gasteiger partial charge in [-0.1, -0.05) is 18.2 Å². The third kappa shape index (κ3) is 4.13. The highest BCUT2D eigenvalue weighted by molar-refractivity contribution is 6.51. The molecule has 8 heteroatoms. The van der Waals surface area contributed by atoms with Gasteiger partial charge in [-0.3, -0.25) is 25.0 Å². The van der Waals surface area contributed by atoms with Gasteiger partial charge >= 0.3 is 0 Å². The first kappa shape index (κ1) is 18.6. The SMILES string of the molecule is O=C(C(=Nc1ccccc1)c1ccc([N+](=O)[O-])cc1)c1ccc([N+](=O)[O-])cc1. The van der Waals surface area contributed by atoms with Crippen molar-refractivity contribution in [2.75, 3.05) is 0 Å². The van der Waals surface area contributed by atoms with Crippen molar-refractivity contribution in [3.63, 3.8) is 0 Å². The van der Waals surface area contributed by atoms with Crippen molar-refractivity contribution in [1.82, 2.24) is 0 Å². The van der Waals surface area contributed by atoms with Crippen molar-refractivity contribution < 1.29 is 14.6 Å². The largest absolute Gasteiger partial charge is 0.287 e. The number of carbonyl (C=O) groups excluding carboxylic acids is 1. The van der Waals surface area contributed by atoms with Crippen LogP contribution in [0.2, 0.25) is 0 Å². The zero-order valence-corrected chi connectivity index (χ0v) is 14.4. The Morgan fingerprint density at radius 3 is 1.61 bits per heavy atom. The van der Waals surface area contributed by atoms with Crippen LogP contribution in [-0.4, -0.2) is 21.3 Å². The number of rotatable bonds is 6. The molecule has 3 aromatic rings. The average molecular weight is 375 g/mol. The monoisotopic (exact) mass is 375 g/mol. The number of benzene rings is 3. The number of nitro benzene ring substituents is 2. The van der Waals surface area contributed by atoms with Gasteiger partial charge in [0.2, 0.25) is 5.78 Å². The van der Waals surface area contributed by atoms with E-state index in [2.05, 4.69) is 4.99 Å². The van der Waals surface area contributed by atoms with E-state index in [-0.39, 0.29) is 22.6 Å². The second-order valence-electron chi connectivity index (χ2n) is 5.73. The molecule has 0 heterocycles. The lowest BCUT2D eigenvalue weighted by molar-refractivity contribution is -0.385. The second-order valence-corrected chi connectivity index (χ2v) is 5.73. The molecule has 0 saturated carbocycles. The molecule has 0 fully saturated rings. The molecule has 0 saturated heterocycles. The summed E-state index contributed by atoms with van der Waals surface area (Å²) in [5, 5.41) is 21.7. The van der Waals surface area contributed by atoms with Crippen LogP contribution in [0.1, 0.15) is 15.9 Å². The van der Waals surface area contributed by atoms with Gasteiger partial charge in [0.05, 0.1) is 15.5 Å². The van der Waals surface area contributed by atoms with E-state index in [0.717, 1.165) is 0 Å². The molecule has 0 amide bonds. The molecule has 28 heavy (non-hydrogen) atoms. The first-order valence-electron chi connectivity index (χ1n) is 8.13. The third-order valence-corrected chi connectivity index (χ3v) is 3.90. The Kier molecular flexibility index (Phi) is 5.31. The fraction of sp³-hybridized carbons (Fsp3) is 0. The lowest BCUT2D eigenvalue weighted by atomic mass is 10.00. The summed E-state index contributed by atoms with van der Waals surface area (Å²) in [6.07, 6.45) is 0. The molecule has 3 rings (SSSR count). The van der Waals surface area contributed by atoms with E-state index in [1.54, 1.807) is 24.3 Å². The number of hydrogen-bond donors (Lipinski definition) is 0. The van der Waals surface area contributed by atoms with Crippen molar-refractivity contribution in [3.05, 3.63) is 110 Å². The average Bonchev–Trinajstić information content (AvgIpc) is 2.72. The van der Waals surface area contributed by atoms with Gasteiger partial charge in [0, 0.05) is 35.4 Å². The summed E-state index contributed by atoms with van der Waals surface area (Å²) >= 11 is 0. The molecule has 0 atom stereocenters. The molecule has 0 N–H and O–H groups in total. The van der Waals surface area contributed by atoms with Gasteiger partial charge in [-0.05, 0) is 36.4 Å². The summed E-state index contributed by atoms with van der Waals surface area (Å²) in [6.45, 7) is 0. The molecule has 0 aliphatic rings. The van der Waals surface area contributed by atoms with Crippen molar-refractivity contribution >= 4 is 28.6 Å². The van der Waals surface area contributed by atoms with Crippen molar-refractivity contribution in [3.8, 4) is 0 Å². The Morgan fingerprint density at radius 2 is 1.14 bits per heavy atom. The van der Waals surface area contributed by atoms with Crippen LogP contribution in [0.3, 0.4) is 0 Å². The molecule has 0 aromatic heterocycles. The number of nitro groups is 2. The van der Waals surface area contributed by atoms with Gasteiger partial charge in [0.1, 0.15) is 5.71 Å². The lowest BCUT2D eigenvalue weighted by Gasteiger charge is -2.07. The van der Waals surface area contributed by atoms with Crippen LogP contribution < -0.4 is 0 Å². The Morgan fingerprint density at radius 1 is 0.679 bits per heavy atom. The van der Waals surface area contributed by atoms with Crippen LogP contribution in [0.4, 0.5) is 17.1 Å². The molecule has 0 unspecified atom stereocenters. The van der Waals surface area contributed by atoms with E-state index in [1.165, 1.54) is 48.5 Å². The minimum Gasteiger partial charge on any atom is -0.287 e. The highest BCUT2D eigenvalue weighted by Crippen LogP contribution is 2.20. The summed E-state index contributed by atoms with van der Waals surface area (Å²) in [4.78, 5) is 38.0. The molecular weight excluding hydrogens is 362 g/mol. The molecular formula is C20H13N3O5. The fourth-order valence-corrected chi connectivity index (χ4v) is 2.49. The predicted octanol–water partition coefficient (Wildman–Crippen LogP) is 4.51. The minimum atomic E-state index is -0.552. The number of ketones is 1. The molecule has 3 aromatic carbocycles. The van der Waals surface area contributed by atoms with Crippen LogP contribution >= 0.6 is 0 Å². The van der Waals surface area contributed by atoms with E-state index in [9.17, 15) is 25.0 Å². The zero-order chi connectivity index (χ0) is 20.1. The topological polar surface area (TPSA) is 116 Å².